The predicted octanol–water partition coefficient (Wildman–Crippen LogP) is 1.61. The summed E-state index contributed by atoms with van der Waals surface area (Å²) in [6.07, 6.45) is 1.79. The normalized spacial score (nSPS) is 24.7. The van der Waals surface area contributed by atoms with Gasteiger partial charge in [0, 0.05) is 26.2 Å². The first kappa shape index (κ1) is 12.3. The minimum atomic E-state index is -0.110. The van der Waals surface area contributed by atoms with Crippen molar-refractivity contribution in [1.29, 1.82) is 0 Å². The van der Waals surface area contributed by atoms with E-state index in [4.69, 9.17) is 4.74 Å². The SMILES string of the molecule is CCN(C)C(=O)NC1CCOC(C)(C)C1. The lowest BCUT2D eigenvalue weighted by molar-refractivity contribution is -0.0614. The fourth-order valence-corrected chi connectivity index (χ4v) is 1.78. The zero-order chi connectivity index (χ0) is 11.5. The summed E-state index contributed by atoms with van der Waals surface area (Å²) in [7, 11) is 1.81. The first-order valence-electron chi connectivity index (χ1n) is 5.60. The molecule has 0 saturated carbocycles. The highest BCUT2D eigenvalue weighted by Crippen LogP contribution is 2.23. The van der Waals surface area contributed by atoms with E-state index in [2.05, 4.69) is 19.2 Å². The number of nitrogens with zero attached hydrogens (tertiary/aromatic N) is 1. The molecule has 0 aromatic carbocycles. The number of rotatable bonds is 2. The highest BCUT2D eigenvalue weighted by Gasteiger charge is 2.29. The Morgan fingerprint density at radius 2 is 2.27 bits per heavy atom. The molecule has 0 aromatic rings. The van der Waals surface area contributed by atoms with Gasteiger partial charge in [0.2, 0.25) is 0 Å². The third-order valence-electron chi connectivity index (χ3n) is 2.85. The van der Waals surface area contributed by atoms with Gasteiger partial charge in [0.15, 0.2) is 0 Å². The third kappa shape index (κ3) is 3.70. The van der Waals surface area contributed by atoms with Crippen molar-refractivity contribution in [2.24, 2.45) is 0 Å². The average molecular weight is 214 g/mol. The van der Waals surface area contributed by atoms with Gasteiger partial charge in [0.05, 0.1) is 5.60 Å². The van der Waals surface area contributed by atoms with E-state index in [1.165, 1.54) is 0 Å². The number of hydrogen-bond donors (Lipinski definition) is 1. The second kappa shape index (κ2) is 4.84. The molecule has 4 heteroatoms. The molecule has 4 nitrogen and oxygen atoms in total. The van der Waals surface area contributed by atoms with Gasteiger partial charge in [-0.3, -0.25) is 0 Å². The van der Waals surface area contributed by atoms with E-state index in [0.717, 1.165) is 26.0 Å². The predicted molar refractivity (Wildman–Crippen MR) is 59.9 cm³/mol. The van der Waals surface area contributed by atoms with Crippen molar-refractivity contribution < 1.29 is 9.53 Å². The molecule has 1 rings (SSSR count). The van der Waals surface area contributed by atoms with Crippen LogP contribution in [0.25, 0.3) is 0 Å². The quantitative estimate of drug-likeness (QED) is 0.758. The van der Waals surface area contributed by atoms with Gasteiger partial charge < -0.3 is 15.0 Å². The second-order valence-electron chi connectivity index (χ2n) is 4.76. The van der Waals surface area contributed by atoms with Gasteiger partial charge in [-0.25, -0.2) is 4.79 Å². The Morgan fingerprint density at radius 1 is 1.60 bits per heavy atom. The lowest BCUT2D eigenvalue weighted by Gasteiger charge is -2.36. The smallest absolute Gasteiger partial charge is 0.317 e. The molecule has 88 valence electrons. The highest BCUT2D eigenvalue weighted by molar-refractivity contribution is 5.74. The maximum Gasteiger partial charge on any atom is 0.317 e. The molecule has 1 N–H and O–H groups in total. The molecular formula is C11H22N2O2. The van der Waals surface area contributed by atoms with Gasteiger partial charge in [0.25, 0.3) is 0 Å². The van der Waals surface area contributed by atoms with E-state index < -0.39 is 0 Å². The number of nitrogens with one attached hydrogen (secondary N) is 1. The van der Waals surface area contributed by atoms with E-state index in [-0.39, 0.29) is 17.7 Å². The zero-order valence-electron chi connectivity index (χ0n) is 10.2. The lowest BCUT2D eigenvalue weighted by Crippen LogP contribution is -2.49. The van der Waals surface area contributed by atoms with Crippen LogP contribution in [0, 0.1) is 0 Å². The van der Waals surface area contributed by atoms with Crippen LogP contribution in [-0.2, 0) is 4.74 Å². The summed E-state index contributed by atoms with van der Waals surface area (Å²) < 4.78 is 5.60. The van der Waals surface area contributed by atoms with Crippen molar-refractivity contribution in [3.8, 4) is 0 Å². The average Bonchev–Trinajstić information content (AvgIpc) is 2.14. The summed E-state index contributed by atoms with van der Waals surface area (Å²) in [6, 6.07) is 0.260. The minimum absolute atomic E-state index is 0.0141. The topological polar surface area (TPSA) is 41.6 Å². The molecule has 1 fully saturated rings. The maximum absolute atomic E-state index is 11.6. The molecule has 0 spiro atoms. The molecule has 0 radical (unpaired) electrons. The van der Waals surface area contributed by atoms with Crippen LogP contribution in [0.5, 0.6) is 0 Å². The number of ether oxygens (including phenoxy) is 1. The van der Waals surface area contributed by atoms with Crippen molar-refractivity contribution in [1.82, 2.24) is 10.2 Å². The Morgan fingerprint density at radius 3 is 2.80 bits per heavy atom. The Balaban J connectivity index is 2.41. The molecule has 1 aliphatic heterocycles. The number of amides is 2. The van der Waals surface area contributed by atoms with Crippen molar-refractivity contribution >= 4 is 6.03 Å². The van der Waals surface area contributed by atoms with Crippen LogP contribution in [0.3, 0.4) is 0 Å². The summed E-state index contributed by atoms with van der Waals surface area (Å²) in [5.41, 5.74) is -0.110. The molecule has 1 heterocycles. The third-order valence-corrected chi connectivity index (χ3v) is 2.85. The Bertz CT molecular complexity index is 229. The molecular weight excluding hydrogens is 192 g/mol. The number of hydrogen-bond acceptors (Lipinski definition) is 2. The van der Waals surface area contributed by atoms with Crippen molar-refractivity contribution in [2.45, 2.75) is 45.3 Å². The van der Waals surface area contributed by atoms with E-state index in [1.54, 1.807) is 11.9 Å². The molecule has 1 aliphatic rings. The summed E-state index contributed by atoms with van der Waals surface area (Å²) in [4.78, 5) is 13.3. The van der Waals surface area contributed by atoms with Crippen LogP contribution in [0.15, 0.2) is 0 Å². The highest BCUT2D eigenvalue weighted by atomic mass is 16.5. The van der Waals surface area contributed by atoms with Gasteiger partial charge >= 0.3 is 6.03 Å². The summed E-state index contributed by atoms with van der Waals surface area (Å²) in [6.45, 7) is 7.56. The number of urea groups is 1. The Labute approximate surface area is 92.0 Å². The van der Waals surface area contributed by atoms with Gasteiger partial charge in [-0.05, 0) is 33.6 Å². The van der Waals surface area contributed by atoms with E-state index in [0.29, 0.717) is 0 Å². The van der Waals surface area contributed by atoms with Crippen LogP contribution in [-0.4, -0.2) is 42.8 Å². The molecule has 0 aliphatic carbocycles. The van der Waals surface area contributed by atoms with Gasteiger partial charge in [-0.1, -0.05) is 0 Å². The van der Waals surface area contributed by atoms with Crippen LogP contribution in [0.1, 0.15) is 33.6 Å². The standard InChI is InChI=1S/C11H22N2O2/c1-5-13(4)10(14)12-9-6-7-15-11(2,3)8-9/h9H,5-8H2,1-4H3,(H,12,14). The number of carbonyl (C=O) groups excluding carboxylic acids is 1. The lowest BCUT2D eigenvalue weighted by atomic mass is 9.94. The molecule has 1 unspecified atom stereocenters. The van der Waals surface area contributed by atoms with Gasteiger partial charge in [-0.15, -0.1) is 0 Å². The Hall–Kier alpha value is -0.770. The van der Waals surface area contributed by atoms with Crippen LogP contribution < -0.4 is 5.32 Å². The molecule has 15 heavy (non-hydrogen) atoms. The fraction of sp³-hybridized carbons (Fsp3) is 0.909. The number of carbonyl (C=O) groups is 1. The maximum atomic E-state index is 11.6. The molecule has 0 aromatic heterocycles. The summed E-state index contributed by atoms with van der Waals surface area (Å²) >= 11 is 0. The minimum Gasteiger partial charge on any atom is -0.375 e. The Kier molecular flexibility index (Phi) is 3.97. The van der Waals surface area contributed by atoms with Crippen molar-refractivity contribution in [2.75, 3.05) is 20.2 Å². The zero-order valence-corrected chi connectivity index (χ0v) is 10.2. The van der Waals surface area contributed by atoms with E-state index in [1.807, 2.05) is 6.92 Å². The van der Waals surface area contributed by atoms with Crippen LogP contribution >= 0.6 is 0 Å². The molecule has 1 saturated heterocycles. The molecule has 0 bridgehead atoms. The second-order valence-corrected chi connectivity index (χ2v) is 4.76. The van der Waals surface area contributed by atoms with Crippen molar-refractivity contribution in [3.05, 3.63) is 0 Å². The van der Waals surface area contributed by atoms with Crippen molar-refractivity contribution in [3.63, 3.8) is 0 Å². The van der Waals surface area contributed by atoms with Crippen LogP contribution in [0.4, 0.5) is 4.79 Å². The largest absolute Gasteiger partial charge is 0.375 e. The van der Waals surface area contributed by atoms with E-state index >= 15 is 0 Å². The molecule has 1 atom stereocenters. The monoisotopic (exact) mass is 214 g/mol. The fourth-order valence-electron chi connectivity index (χ4n) is 1.78. The first-order valence-corrected chi connectivity index (χ1v) is 5.60. The molecule has 2 amide bonds. The summed E-state index contributed by atoms with van der Waals surface area (Å²) in [5, 5.41) is 3.03. The van der Waals surface area contributed by atoms with Gasteiger partial charge in [0.1, 0.15) is 0 Å². The first-order chi connectivity index (χ1) is 6.94. The van der Waals surface area contributed by atoms with E-state index in [9.17, 15) is 4.79 Å². The summed E-state index contributed by atoms with van der Waals surface area (Å²) in [5.74, 6) is 0. The van der Waals surface area contributed by atoms with Gasteiger partial charge in [-0.2, -0.15) is 0 Å². The van der Waals surface area contributed by atoms with Crippen LogP contribution in [0.2, 0.25) is 0 Å².